The number of carbonyl (C=O) groups is 1. The van der Waals surface area contributed by atoms with Crippen LogP contribution in [0.25, 0.3) is 11.3 Å². The maximum atomic E-state index is 13.2. The number of hydrogen-bond donors (Lipinski definition) is 2. The molecule has 2 heterocycles. The van der Waals surface area contributed by atoms with Crippen molar-refractivity contribution in [1.29, 1.82) is 0 Å². The number of ether oxygens (including phenoxy) is 1. The van der Waals surface area contributed by atoms with Gasteiger partial charge in [-0.2, -0.15) is 26.3 Å². The highest BCUT2D eigenvalue weighted by Gasteiger charge is 2.35. The fraction of sp³-hybridized carbons (Fsp3) is 0.333. The Bertz CT molecular complexity index is 1540. The predicted octanol–water partition coefficient (Wildman–Crippen LogP) is 5.12. The van der Waals surface area contributed by atoms with Crippen LogP contribution in [0, 0.1) is 5.41 Å². The zero-order chi connectivity index (χ0) is 31.5. The lowest BCUT2D eigenvalue weighted by atomic mass is 9.94. The van der Waals surface area contributed by atoms with Gasteiger partial charge in [0.25, 0.3) is 10.0 Å². The first-order valence-electron chi connectivity index (χ1n) is 12.3. The topological polar surface area (TPSA) is 109 Å². The minimum Gasteiger partial charge on any atom is -0.489 e. The SMILES string of the molecule is CNC(=O)C(C)(C)CO.O=S(=O)(c1cccc(C(F)(F)F)c1)N1CCOc2ccc(-c3cccc(C(F)(F)F)n3)cc21. The van der Waals surface area contributed by atoms with Crippen LogP contribution in [0.4, 0.5) is 32.0 Å². The molecule has 0 bridgehead atoms. The molecule has 42 heavy (non-hydrogen) atoms. The first-order chi connectivity index (χ1) is 19.4. The van der Waals surface area contributed by atoms with Gasteiger partial charge in [0.15, 0.2) is 0 Å². The third kappa shape index (κ3) is 7.31. The molecular formula is C27H27F6N3O5S. The molecule has 15 heteroatoms. The van der Waals surface area contributed by atoms with Crippen molar-refractivity contribution in [2.45, 2.75) is 31.1 Å². The number of halogens is 6. The zero-order valence-corrected chi connectivity index (χ0v) is 23.4. The van der Waals surface area contributed by atoms with Crippen LogP contribution >= 0.6 is 0 Å². The Hall–Kier alpha value is -3.85. The van der Waals surface area contributed by atoms with Crippen LogP contribution in [-0.2, 0) is 27.2 Å². The second-order valence-corrected chi connectivity index (χ2v) is 11.5. The van der Waals surface area contributed by atoms with Gasteiger partial charge in [0.05, 0.1) is 40.4 Å². The van der Waals surface area contributed by atoms with Crippen LogP contribution < -0.4 is 14.4 Å². The van der Waals surface area contributed by atoms with Crippen LogP contribution in [0.3, 0.4) is 0 Å². The van der Waals surface area contributed by atoms with Gasteiger partial charge in [0, 0.05) is 12.6 Å². The molecule has 8 nitrogen and oxygen atoms in total. The first kappa shape index (κ1) is 32.7. The van der Waals surface area contributed by atoms with Crippen molar-refractivity contribution in [2.75, 3.05) is 31.1 Å². The standard InChI is InChI=1S/C21H14F6N2O3S.C6H13NO2/c22-20(23,24)14-3-1-4-15(12-14)33(30,31)29-9-10-32-18-8-7-13(11-17(18)29)16-5-2-6-19(28-16)21(25,26)27;1-6(2,4-8)5(9)7-3/h1-8,11-12H,9-10H2;8H,4H2,1-3H3,(H,7,9). The summed E-state index contributed by atoms with van der Waals surface area (Å²) >= 11 is 0. The summed E-state index contributed by atoms with van der Waals surface area (Å²) in [5, 5.41) is 11.1. The number of amides is 1. The number of rotatable bonds is 5. The number of carbonyl (C=O) groups excluding carboxylic acids is 1. The molecule has 2 N–H and O–H groups in total. The number of pyridine rings is 1. The third-order valence-corrected chi connectivity index (χ3v) is 7.91. The van der Waals surface area contributed by atoms with Crippen LogP contribution in [0.15, 0.2) is 65.6 Å². The van der Waals surface area contributed by atoms with Gasteiger partial charge in [-0.1, -0.05) is 12.1 Å². The van der Waals surface area contributed by atoms with Gasteiger partial charge in [-0.25, -0.2) is 13.4 Å². The highest BCUT2D eigenvalue weighted by molar-refractivity contribution is 7.92. The van der Waals surface area contributed by atoms with Crippen LogP contribution in [-0.4, -0.2) is 51.2 Å². The largest absolute Gasteiger partial charge is 0.489 e. The predicted molar refractivity (Wildman–Crippen MR) is 141 cm³/mol. The van der Waals surface area contributed by atoms with Gasteiger partial charge < -0.3 is 15.2 Å². The summed E-state index contributed by atoms with van der Waals surface area (Å²) in [7, 11) is -2.88. The molecule has 228 valence electrons. The Kier molecular flexibility index (Phi) is 9.47. The Morgan fingerprint density at radius 2 is 1.67 bits per heavy atom. The molecule has 0 spiro atoms. The van der Waals surface area contributed by atoms with E-state index in [-0.39, 0.29) is 48.4 Å². The van der Waals surface area contributed by atoms with E-state index in [0.29, 0.717) is 6.07 Å². The third-order valence-electron chi connectivity index (χ3n) is 6.10. The van der Waals surface area contributed by atoms with Crippen molar-refractivity contribution in [3.63, 3.8) is 0 Å². The quantitative estimate of drug-likeness (QED) is 0.384. The molecule has 0 saturated carbocycles. The summed E-state index contributed by atoms with van der Waals surface area (Å²) in [4.78, 5) is 13.8. The van der Waals surface area contributed by atoms with E-state index < -0.39 is 43.9 Å². The number of fused-ring (bicyclic) bond motifs is 1. The Morgan fingerprint density at radius 1 is 1.00 bits per heavy atom. The molecule has 0 radical (unpaired) electrons. The highest BCUT2D eigenvalue weighted by atomic mass is 32.2. The molecule has 0 fully saturated rings. The number of aliphatic hydroxyl groups excluding tert-OH is 1. The van der Waals surface area contributed by atoms with Crippen molar-refractivity contribution < 1.29 is 49.4 Å². The molecule has 1 aliphatic rings. The molecule has 0 atom stereocenters. The second-order valence-electron chi connectivity index (χ2n) is 9.66. The van der Waals surface area contributed by atoms with Gasteiger partial charge in [-0.05, 0) is 62.4 Å². The molecule has 0 aliphatic carbocycles. The summed E-state index contributed by atoms with van der Waals surface area (Å²) < 4.78 is 111. The number of aliphatic hydroxyl groups is 1. The maximum Gasteiger partial charge on any atom is 0.433 e. The summed E-state index contributed by atoms with van der Waals surface area (Å²) in [5.41, 5.74) is -2.80. The van der Waals surface area contributed by atoms with Crippen LogP contribution in [0.5, 0.6) is 5.75 Å². The normalized spacial score (nSPS) is 13.8. The average Bonchev–Trinajstić information content (AvgIpc) is 2.95. The van der Waals surface area contributed by atoms with Crippen molar-refractivity contribution in [3.05, 3.63) is 71.9 Å². The highest BCUT2D eigenvalue weighted by Crippen LogP contribution is 2.39. The van der Waals surface area contributed by atoms with Gasteiger partial charge in [-0.15, -0.1) is 0 Å². The smallest absolute Gasteiger partial charge is 0.433 e. The number of aromatic nitrogens is 1. The van der Waals surface area contributed by atoms with E-state index >= 15 is 0 Å². The van der Waals surface area contributed by atoms with Crippen LogP contribution in [0.1, 0.15) is 25.1 Å². The number of hydrogen-bond acceptors (Lipinski definition) is 6. The summed E-state index contributed by atoms with van der Waals surface area (Å²) in [6.07, 6.45) is -9.41. The lowest BCUT2D eigenvalue weighted by Crippen LogP contribution is -2.38. The number of anilines is 1. The minimum atomic E-state index is -4.74. The number of alkyl halides is 6. The van der Waals surface area contributed by atoms with Crippen LogP contribution in [0.2, 0.25) is 0 Å². The van der Waals surface area contributed by atoms with E-state index in [1.165, 1.54) is 24.3 Å². The number of nitrogens with one attached hydrogen (secondary N) is 1. The summed E-state index contributed by atoms with van der Waals surface area (Å²) in [5.74, 6) is -0.0162. The van der Waals surface area contributed by atoms with Gasteiger partial charge in [0.1, 0.15) is 18.1 Å². The van der Waals surface area contributed by atoms with Gasteiger partial charge in [0.2, 0.25) is 5.91 Å². The lowest BCUT2D eigenvalue weighted by Gasteiger charge is -2.31. The molecule has 1 amide bonds. The zero-order valence-electron chi connectivity index (χ0n) is 22.5. The Balaban J connectivity index is 0.000000467. The molecule has 0 unspecified atom stereocenters. The van der Waals surface area contributed by atoms with E-state index in [2.05, 4.69) is 10.3 Å². The van der Waals surface area contributed by atoms with E-state index in [4.69, 9.17) is 9.84 Å². The minimum absolute atomic E-state index is 0.0182. The molecule has 1 aliphatic heterocycles. The monoisotopic (exact) mass is 619 g/mol. The fourth-order valence-corrected chi connectivity index (χ4v) is 5.22. The lowest BCUT2D eigenvalue weighted by molar-refractivity contribution is -0.141. The molecule has 1 aromatic heterocycles. The van der Waals surface area contributed by atoms with E-state index in [9.17, 15) is 39.6 Å². The van der Waals surface area contributed by atoms with Crippen molar-refractivity contribution in [1.82, 2.24) is 10.3 Å². The number of nitrogens with zero attached hydrogens (tertiary/aromatic N) is 2. The Morgan fingerprint density at radius 3 is 2.24 bits per heavy atom. The molecule has 0 saturated heterocycles. The second kappa shape index (κ2) is 12.2. The molecular weight excluding hydrogens is 592 g/mol. The number of sulfonamides is 1. The molecule has 4 rings (SSSR count). The fourth-order valence-electron chi connectivity index (χ4n) is 3.73. The average molecular weight is 620 g/mol. The van der Waals surface area contributed by atoms with Gasteiger partial charge in [-0.3, -0.25) is 9.10 Å². The number of benzene rings is 2. The Labute approximate surface area is 238 Å². The molecule has 3 aromatic rings. The van der Waals surface area contributed by atoms with Crippen molar-refractivity contribution >= 4 is 21.6 Å². The van der Waals surface area contributed by atoms with E-state index in [0.717, 1.165) is 34.6 Å². The van der Waals surface area contributed by atoms with Gasteiger partial charge >= 0.3 is 12.4 Å². The van der Waals surface area contributed by atoms with Crippen molar-refractivity contribution in [2.24, 2.45) is 5.41 Å². The van der Waals surface area contributed by atoms with Crippen molar-refractivity contribution in [3.8, 4) is 17.0 Å². The van der Waals surface area contributed by atoms with E-state index in [1.807, 2.05) is 0 Å². The first-order valence-corrected chi connectivity index (χ1v) is 13.7. The van der Waals surface area contributed by atoms with E-state index in [1.54, 1.807) is 20.9 Å². The maximum absolute atomic E-state index is 13.2. The summed E-state index contributed by atoms with van der Waals surface area (Å²) in [6.45, 7) is 2.99. The summed E-state index contributed by atoms with van der Waals surface area (Å²) in [6, 6.07) is 10.7. The molecule has 2 aromatic carbocycles.